The molecule has 1 heterocycles. The molecular weight excluding hydrogens is 429 g/mol. The summed E-state index contributed by atoms with van der Waals surface area (Å²) in [6.45, 7) is 2.71. The van der Waals surface area contributed by atoms with E-state index in [1.165, 1.54) is 23.1 Å². The van der Waals surface area contributed by atoms with E-state index >= 15 is 0 Å². The van der Waals surface area contributed by atoms with Crippen LogP contribution in [-0.2, 0) is 14.8 Å². The first kappa shape index (κ1) is 22.7. The van der Waals surface area contributed by atoms with Crippen molar-refractivity contribution in [1.82, 2.24) is 19.8 Å². The molecule has 3 amide bonds. The molecule has 1 aliphatic rings. The number of carbonyl (C=O) groups is 2. The first-order valence-corrected chi connectivity index (χ1v) is 10.9. The topological polar surface area (TPSA) is 125 Å². The molecule has 1 aromatic rings. The molecule has 1 unspecified atom stereocenters. The zero-order valence-corrected chi connectivity index (χ0v) is 17.6. The average Bonchev–Trinajstić information content (AvgIpc) is 2.67. The van der Waals surface area contributed by atoms with E-state index in [4.69, 9.17) is 28.9 Å². The van der Waals surface area contributed by atoms with Gasteiger partial charge in [-0.25, -0.2) is 13.2 Å². The lowest BCUT2D eigenvalue weighted by atomic mass is 10.2. The Balaban J connectivity index is 2.46. The second-order valence-corrected chi connectivity index (χ2v) is 8.73. The van der Waals surface area contributed by atoms with Gasteiger partial charge in [0.1, 0.15) is 0 Å². The van der Waals surface area contributed by atoms with Gasteiger partial charge in [0, 0.05) is 32.7 Å². The molecule has 0 spiro atoms. The molecular formula is C16H23Cl2N5O4S. The van der Waals surface area contributed by atoms with Crippen LogP contribution in [0.25, 0.3) is 0 Å². The van der Waals surface area contributed by atoms with Gasteiger partial charge < -0.3 is 16.4 Å². The molecule has 0 saturated carbocycles. The van der Waals surface area contributed by atoms with Crippen LogP contribution in [0.15, 0.2) is 23.1 Å². The predicted molar refractivity (Wildman–Crippen MR) is 107 cm³/mol. The fourth-order valence-corrected chi connectivity index (χ4v) is 4.83. The number of rotatable bonds is 6. The molecule has 4 N–H and O–H groups in total. The number of amides is 3. The summed E-state index contributed by atoms with van der Waals surface area (Å²) >= 11 is 11.8. The molecule has 9 nitrogen and oxygen atoms in total. The number of nitrogens with one attached hydrogen (secondary N) is 2. The maximum absolute atomic E-state index is 13.2. The van der Waals surface area contributed by atoms with Gasteiger partial charge in [0.15, 0.2) is 6.17 Å². The van der Waals surface area contributed by atoms with E-state index in [2.05, 4.69) is 10.6 Å². The lowest BCUT2D eigenvalue weighted by Gasteiger charge is -2.41. The zero-order chi connectivity index (χ0) is 20.9. The molecule has 1 saturated heterocycles. The highest BCUT2D eigenvalue weighted by Crippen LogP contribution is 2.29. The van der Waals surface area contributed by atoms with Crippen molar-refractivity contribution in [3.05, 3.63) is 28.2 Å². The normalized spacial score (nSPS) is 18.0. The lowest BCUT2D eigenvalue weighted by Crippen LogP contribution is -2.65. The fourth-order valence-electron chi connectivity index (χ4n) is 2.85. The average molecular weight is 452 g/mol. The highest BCUT2D eigenvalue weighted by molar-refractivity contribution is 7.89. The van der Waals surface area contributed by atoms with Crippen molar-refractivity contribution in [1.29, 1.82) is 0 Å². The SMILES string of the molecule is CCNC(=O)N1CCCN(S(=O)(=O)c2ccc(Cl)c(Cl)c2)C1C(=O)NCCN. The summed E-state index contributed by atoms with van der Waals surface area (Å²) in [6.07, 6.45) is -0.968. The largest absolute Gasteiger partial charge is 0.352 e. The predicted octanol–water partition coefficient (Wildman–Crippen LogP) is 0.820. The van der Waals surface area contributed by atoms with Crippen molar-refractivity contribution in [2.45, 2.75) is 24.4 Å². The number of hydrogen-bond acceptors (Lipinski definition) is 5. The Morgan fingerprint density at radius 3 is 2.54 bits per heavy atom. The molecule has 2 rings (SSSR count). The Morgan fingerprint density at radius 2 is 1.93 bits per heavy atom. The number of benzene rings is 1. The van der Waals surface area contributed by atoms with E-state index in [1.54, 1.807) is 6.92 Å². The van der Waals surface area contributed by atoms with Crippen LogP contribution in [0.1, 0.15) is 13.3 Å². The minimum atomic E-state index is -4.13. The summed E-state index contributed by atoms with van der Waals surface area (Å²) in [7, 11) is -4.13. The van der Waals surface area contributed by atoms with Gasteiger partial charge in [-0.1, -0.05) is 23.2 Å². The van der Waals surface area contributed by atoms with E-state index in [1.807, 2.05) is 0 Å². The number of sulfonamides is 1. The summed E-state index contributed by atoms with van der Waals surface area (Å²) in [4.78, 5) is 26.3. The van der Waals surface area contributed by atoms with Crippen LogP contribution >= 0.6 is 23.2 Å². The van der Waals surface area contributed by atoms with Gasteiger partial charge in [-0.2, -0.15) is 4.31 Å². The number of carbonyl (C=O) groups excluding carboxylic acids is 2. The van der Waals surface area contributed by atoms with Crippen molar-refractivity contribution in [3.8, 4) is 0 Å². The van der Waals surface area contributed by atoms with Crippen molar-refractivity contribution < 1.29 is 18.0 Å². The molecule has 1 aromatic carbocycles. The minimum Gasteiger partial charge on any atom is -0.352 e. The Hall–Kier alpha value is -1.59. The second kappa shape index (κ2) is 9.75. The first-order valence-electron chi connectivity index (χ1n) is 8.73. The minimum absolute atomic E-state index is 0.0686. The van der Waals surface area contributed by atoms with E-state index in [9.17, 15) is 18.0 Å². The Bertz CT molecular complexity index is 836. The van der Waals surface area contributed by atoms with E-state index in [0.29, 0.717) is 13.0 Å². The van der Waals surface area contributed by atoms with Gasteiger partial charge in [-0.3, -0.25) is 9.69 Å². The molecule has 0 bridgehead atoms. The fraction of sp³-hybridized carbons (Fsp3) is 0.500. The second-order valence-electron chi connectivity index (χ2n) is 6.03. The van der Waals surface area contributed by atoms with Crippen LogP contribution in [0.3, 0.4) is 0 Å². The third kappa shape index (κ3) is 4.87. The Labute approximate surface area is 174 Å². The van der Waals surface area contributed by atoms with Crippen molar-refractivity contribution in [3.63, 3.8) is 0 Å². The maximum atomic E-state index is 13.2. The third-order valence-corrected chi connectivity index (χ3v) is 6.70. The molecule has 0 aromatic heterocycles. The van der Waals surface area contributed by atoms with Crippen LogP contribution in [0.5, 0.6) is 0 Å². The monoisotopic (exact) mass is 451 g/mol. The molecule has 1 atom stereocenters. The van der Waals surface area contributed by atoms with E-state index in [0.717, 1.165) is 4.31 Å². The van der Waals surface area contributed by atoms with Gasteiger partial charge in [0.2, 0.25) is 10.0 Å². The highest BCUT2D eigenvalue weighted by atomic mass is 35.5. The molecule has 1 aliphatic heterocycles. The molecule has 28 heavy (non-hydrogen) atoms. The Morgan fingerprint density at radius 1 is 1.21 bits per heavy atom. The quantitative estimate of drug-likeness (QED) is 0.590. The number of nitrogens with zero attached hydrogens (tertiary/aromatic N) is 2. The van der Waals surface area contributed by atoms with Crippen LogP contribution in [-0.4, -0.2) is 68.5 Å². The number of urea groups is 1. The summed E-state index contributed by atoms with van der Waals surface area (Å²) in [5.41, 5.74) is 5.42. The molecule has 0 aliphatic carbocycles. The standard InChI is InChI=1S/C16H23Cl2N5O4S/c1-2-20-16(25)22-8-3-9-23(15(22)14(24)21-7-6-19)28(26,27)11-4-5-12(17)13(18)10-11/h4-5,10,15H,2-3,6-9,19H2,1H3,(H,20,25)(H,21,24). The zero-order valence-electron chi connectivity index (χ0n) is 15.3. The van der Waals surface area contributed by atoms with Crippen LogP contribution < -0.4 is 16.4 Å². The van der Waals surface area contributed by atoms with Crippen molar-refractivity contribution in [2.24, 2.45) is 5.73 Å². The van der Waals surface area contributed by atoms with Gasteiger partial charge >= 0.3 is 6.03 Å². The van der Waals surface area contributed by atoms with Crippen LogP contribution in [0, 0.1) is 0 Å². The first-order chi connectivity index (χ1) is 13.2. The van der Waals surface area contributed by atoms with Gasteiger partial charge in [-0.15, -0.1) is 0 Å². The number of nitrogens with two attached hydrogens (primary N) is 1. The van der Waals surface area contributed by atoms with E-state index in [-0.39, 0.29) is 41.1 Å². The highest BCUT2D eigenvalue weighted by Gasteiger charge is 2.44. The number of halogens is 2. The van der Waals surface area contributed by atoms with Crippen LogP contribution in [0.2, 0.25) is 10.0 Å². The molecule has 0 radical (unpaired) electrons. The van der Waals surface area contributed by atoms with Gasteiger partial charge in [-0.05, 0) is 31.5 Å². The summed E-state index contributed by atoms with van der Waals surface area (Å²) in [5, 5.41) is 5.45. The van der Waals surface area contributed by atoms with Gasteiger partial charge in [0.05, 0.1) is 14.9 Å². The van der Waals surface area contributed by atoms with Crippen molar-refractivity contribution in [2.75, 3.05) is 32.7 Å². The summed E-state index contributed by atoms with van der Waals surface area (Å²) in [6, 6.07) is 3.37. The van der Waals surface area contributed by atoms with Gasteiger partial charge in [0.25, 0.3) is 5.91 Å². The van der Waals surface area contributed by atoms with Crippen LogP contribution in [0.4, 0.5) is 4.79 Å². The van der Waals surface area contributed by atoms with E-state index < -0.39 is 28.1 Å². The maximum Gasteiger partial charge on any atom is 0.319 e. The lowest BCUT2D eigenvalue weighted by molar-refractivity contribution is -0.130. The molecule has 156 valence electrons. The molecule has 12 heteroatoms. The summed E-state index contributed by atoms with van der Waals surface area (Å²) in [5.74, 6) is -0.625. The third-order valence-electron chi connectivity index (χ3n) is 4.11. The Kier molecular flexibility index (Phi) is 7.90. The van der Waals surface area contributed by atoms with Crippen molar-refractivity contribution >= 4 is 45.2 Å². The smallest absolute Gasteiger partial charge is 0.319 e. The number of hydrogen-bond donors (Lipinski definition) is 3. The molecule has 1 fully saturated rings. The summed E-state index contributed by atoms with van der Waals surface area (Å²) < 4.78 is 27.5.